The summed E-state index contributed by atoms with van der Waals surface area (Å²) in [6.45, 7) is 24.8. The molecule has 0 radical (unpaired) electrons. The van der Waals surface area contributed by atoms with Gasteiger partial charge in [-0.25, -0.2) is 0 Å². The van der Waals surface area contributed by atoms with Crippen LogP contribution >= 0.6 is 0 Å². The van der Waals surface area contributed by atoms with Gasteiger partial charge in [-0.3, -0.25) is 0 Å². The zero-order valence-corrected chi connectivity index (χ0v) is 22.2. The van der Waals surface area contributed by atoms with Crippen LogP contribution in [0.2, 0.25) is 0 Å². The zero-order valence-electron chi connectivity index (χ0n) is 22.2. The van der Waals surface area contributed by atoms with Crippen LogP contribution in [0.25, 0.3) is 0 Å². The minimum absolute atomic E-state index is 0.276. The minimum atomic E-state index is -0.874. The second kappa shape index (κ2) is 8.09. The maximum atomic E-state index is 11.6. The summed E-state index contributed by atoms with van der Waals surface area (Å²) in [5.74, 6) is 0.606. The third-order valence-corrected chi connectivity index (χ3v) is 6.13. The van der Waals surface area contributed by atoms with Gasteiger partial charge in [0.2, 0.25) is 0 Å². The minimum Gasteiger partial charge on any atom is -0.507 e. The van der Waals surface area contributed by atoms with E-state index in [0.717, 1.165) is 33.4 Å². The predicted octanol–water partition coefficient (Wildman–Crippen LogP) is 7.37. The van der Waals surface area contributed by atoms with E-state index in [1.807, 2.05) is 24.3 Å². The molecular weight excluding hydrogens is 396 g/mol. The second-order valence-corrected chi connectivity index (χ2v) is 13.3. The average molecular weight is 441 g/mol. The molecule has 0 saturated carbocycles. The van der Waals surface area contributed by atoms with Crippen molar-refractivity contribution in [2.45, 2.75) is 111 Å². The van der Waals surface area contributed by atoms with E-state index in [4.69, 9.17) is 0 Å². The van der Waals surface area contributed by atoms with Crippen LogP contribution in [0, 0.1) is 0 Å². The molecule has 0 spiro atoms. The normalized spacial score (nSPS) is 13.7. The molecule has 178 valence electrons. The number of hydrogen-bond acceptors (Lipinski definition) is 3. The highest BCUT2D eigenvalue weighted by molar-refractivity contribution is 5.54. The second-order valence-electron chi connectivity index (χ2n) is 13.3. The number of phenolic OH excluding ortho intramolecular Hbond substituents is 2. The lowest BCUT2D eigenvalue weighted by atomic mass is 9.76. The Labute approximate surface area is 195 Å². The zero-order chi connectivity index (χ0) is 25.0. The summed E-state index contributed by atoms with van der Waals surface area (Å²) >= 11 is 0. The number of benzene rings is 2. The first kappa shape index (κ1) is 26.3. The number of hydrogen-bond donors (Lipinski definition) is 3. The average Bonchev–Trinajstić information content (AvgIpc) is 2.57. The highest BCUT2D eigenvalue weighted by atomic mass is 16.3. The lowest BCUT2D eigenvalue weighted by Crippen LogP contribution is -2.20. The molecule has 0 amide bonds. The van der Waals surface area contributed by atoms with Crippen LogP contribution in [0.4, 0.5) is 0 Å². The molecule has 0 aliphatic heterocycles. The summed E-state index contributed by atoms with van der Waals surface area (Å²) in [5, 5.41) is 33.7. The summed E-state index contributed by atoms with van der Waals surface area (Å²) in [5.41, 5.74) is 3.70. The number of aromatic hydroxyl groups is 2. The van der Waals surface area contributed by atoms with E-state index in [1.54, 1.807) is 0 Å². The summed E-state index contributed by atoms with van der Waals surface area (Å²) in [4.78, 5) is 0. The maximum Gasteiger partial charge on any atom is 0.123 e. The van der Waals surface area contributed by atoms with Gasteiger partial charge in [-0.2, -0.15) is 0 Å². The van der Waals surface area contributed by atoms with Crippen molar-refractivity contribution < 1.29 is 15.3 Å². The SMILES string of the molecule is CC(C)(C)c1cc(C(O)c2cc(C(C)(C)C)c(O)c(C(C)(C)C)c2)cc(C(C)(C)C)c1O. The molecule has 0 saturated heterocycles. The molecule has 32 heavy (non-hydrogen) atoms. The van der Waals surface area contributed by atoms with Gasteiger partial charge >= 0.3 is 0 Å². The lowest BCUT2D eigenvalue weighted by Gasteiger charge is -2.31. The van der Waals surface area contributed by atoms with Crippen molar-refractivity contribution in [3.05, 3.63) is 57.6 Å². The van der Waals surface area contributed by atoms with E-state index in [0.29, 0.717) is 11.5 Å². The van der Waals surface area contributed by atoms with Crippen LogP contribution < -0.4 is 0 Å². The molecule has 2 aromatic carbocycles. The molecule has 0 unspecified atom stereocenters. The molecule has 0 bridgehead atoms. The molecule has 2 rings (SSSR count). The van der Waals surface area contributed by atoms with Gasteiger partial charge in [0.25, 0.3) is 0 Å². The van der Waals surface area contributed by atoms with Gasteiger partial charge < -0.3 is 15.3 Å². The van der Waals surface area contributed by atoms with E-state index in [2.05, 4.69) is 83.1 Å². The van der Waals surface area contributed by atoms with Crippen molar-refractivity contribution in [2.75, 3.05) is 0 Å². The van der Waals surface area contributed by atoms with Crippen molar-refractivity contribution in [3.63, 3.8) is 0 Å². The van der Waals surface area contributed by atoms with Gasteiger partial charge in [-0.15, -0.1) is 0 Å². The van der Waals surface area contributed by atoms with Crippen LogP contribution in [0.5, 0.6) is 11.5 Å². The Morgan fingerprint density at radius 1 is 0.469 bits per heavy atom. The number of aliphatic hydroxyl groups excluding tert-OH is 1. The summed E-state index contributed by atoms with van der Waals surface area (Å²) in [7, 11) is 0. The van der Waals surface area contributed by atoms with E-state index in [9.17, 15) is 15.3 Å². The summed E-state index contributed by atoms with van der Waals surface area (Å²) in [6, 6.07) is 7.70. The van der Waals surface area contributed by atoms with Crippen molar-refractivity contribution in [3.8, 4) is 11.5 Å². The van der Waals surface area contributed by atoms with Gasteiger partial charge in [0.1, 0.15) is 17.6 Å². The lowest BCUT2D eigenvalue weighted by molar-refractivity contribution is 0.219. The maximum absolute atomic E-state index is 11.6. The fourth-order valence-electron chi connectivity index (χ4n) is 4.11. The standard InChI is InChI=1S/C29H44O3/c1-26(2,3)19-13-17(14-20(24(19)31)27(4,5)6)23(30)18-15-21(28(7,8)9)25(32)22(16-18)29(10,11)12/h13-16,23,30-32H,1-12H3. The highest BCUT2D eigenvalue weighted by Crippen LogP contribution is 2.44. The van der Waals surface area contributed by atoms with Crippen molar-refractivity contribution in [2.24, 2.45) is 0 Å². The van der Waals surface area contributed by atoms with Crippen LogP contribution in [0.15, 0.2) is 24.3 Å². The molecule has 0 heterocycles. The van der Waals surface area contributed by atoms with Gasteiger partial charge in [-0.05, 0) is 79.3 Å². The van der Waals surface area contributed by atoms with E-state index in [-0.39, 0.29) is 21.7 Å². The molecule has 0 aliphatic carbocycles. The van der Waals surface area contributed by atoms with Crippen LogP contribution in [-0.2, 0) is 21.7 Å². The predicted molar refractivity (Wildman–Crippen MR) is 135 cm³/mol. The first-order valence-electron chi connectivity index (χ1n) is 11.6. The van der Waals surface area contributed by atoms with E-state index in [1.165, 1.54) is 0 Å². The Hall–Kier alpha value is -2.00. The van der Waals surface area contributed by atoms with Crippen molar-refractivity contribution in [1.29, 1.82) is 0 Å². The smallest absolute Gasteiger partial charge is 0.123 e. The quantitative estimate of drug-likeness (QED) is 0.457. The molecule has 3 N–H and O–H groups in total. The fourth-order valence-corrected chi connectivity index (χ4v) is 4.11. The van der Waals surface area contributed by atoms with Gasteiger partial charge in [0.05, 0.1) is 0 Å². The third kappa shape index (κ3) is 5.31. The van der Waals surface area contributed by atoms with E-state index < -0.39 is 6.10 Å². The Morgan fingerprint density at radius 3 is 0.812 bits per heavy atom. The molecule has 2 aromatic rings. The first-order chi connectivity index (χ1) is 14.2. The monoisotopic (exact) mass is 440 g/mol. The molecule has 0 atom stereocenters. The van der Waals surface area contributed by atoms with Crippen molar-refractivity contribution in [1.82, 2.24) is 0 Å². The molecule has 3 heteroatoms. The number of rotatable bonds is 2. The van der Waals surface area contributed by atoms with Crippen LogP contribution in [-0.4, -0.2) is 15.3 Å². The van der Waals surface area contributed by atoms with E-state index >= 15 is 0 Å². The van der Waals surface area contributed by atoms with Gasteiger partial charge in [0, 0.05) is 0 Å². The molecule has 0 aliphatic rings. The van der Waals surface area contributed by atoms with Crippen molar-refractivity contribution >= 4 is 0 Å². The molecule has 3 nitrogen and oxygen atoms in total. The fraction of sp³-hybridized carbons (Fsp3) is 0.586. The van der Waals surface area contributed by atoms with Gasteiger partial charge in [-0.1, -0.05) is 83.1 Å². The topological polar surface area (TPSA) is 60.7 Å². The molecule has 0 aromatic heterocycles. The molecule has 0 fully saturated rings. The Bertz CT molecular complexity index is 836. The number of phenols is 2. The highest BCUT2D eigenvalue weighted by Gasteiger charge is 2.31. The Morgan fingerprint density at radius 2 is 0.656 bits per heavy atom. The summed E-state index contributed by atoms with van der Waals surface area (Å²) in [6.07, 6.45) is -0.874. The third-order valence-electron chi connectivity index (χ3n) is 6.13. The largest absolute Gasteiger partial charge is 0.507 e. The molecular formula is C29H44O3. The Balaban J connectivity index is 2.84. The summed E-state index contributed by atoms with van der Waals surface area (Å²) < 4.78 is 0. The number of aliphatic hydroxyl groups is 1. The van der Waals surface area contributed by atoms with Crippen LogP contribution in [0.3, 0.4) is 0 Å². The Kier molecular flexibility index (Phi) is 6.64. The first-order valence-corrected chi connectivity index (χ1v) is 11.6. The van der Waals surface area contributed by atoms with Crippen LogP contribution in [0.1, 0.15) is 123 Å². The van der Waals surface area contributed by atoms with Gasteiger partial charge in [0.15, 0.2) is 0 Å².